The SMILES string of the molecule is CC(C)(C)c1ccc(Sc2ccc(S(C)(=O)=O)cc2[N+](=O)[O-])cc1. The van der Waals surface area contributed by atoms with E-state index in [1.54, 1.807) is 0 Å². The number of nitro groups is 1. The first-order valence-corrected chi connectivity index (χ1v) is 9.96. The fraction of sp³-hybridized carbons (Fsp3) is 0.294. The van der Waals surface area contributed by atoms with Crippen LogP contribution in [0.15, 0.2) is 57.2 Å². The second-order valence-corrected chi connectivity index (χ2v) is 9.67. The van der Waals surface area contributed by atoms with Crippen molar-refractivity contribution in [3.8, 4) is 0 Å². The Hall–Kier alpha value is -1.86. The van der Waals surface area contributed by atoms with Gasteiger partial charge in [-0.05, 0) is 35.2 Å². The second-order valence-electron chi connectivity index (χ2n) is 6.54. The van der Waals surface area contributed by atoms with Crippen molar-refractivity contribution in [3.63, 3.8) is 0 Å². The van der Waals surface area contributed by atoms with Crippen LogP contribution in [0.1, 0.15) is 26.3 Å². The lowest BCUT2D eigenvalue weighted by atomic mass is 9.87. The first-order valence-electron chi connectivity index (χ1n) is 7.25. The van der Waals surface area contributed by atoms with Gasteiger partial charge in [-0.2, -0.15) is 0 Å². The molecule has 0 bridgehead atoms. The highest BCUT2D eigenvalue weighted by atomic mass is 32.2. The van der Waals surface area contributed by atoms with Crippen LogP contribution in [-0.4, -0.2) is 19.6 Å². The zero-order chi connectivity index (χ0) is 18.1. The van der Waals surface area contributed by atoms with Gasteiger partial charge in [0.25, 0.3) is 5.69 Å². The van der Waals surface area contributed by atoms with E-state index in [4.69, 9.17) is 0 Å². The Morgan fingerprint density at radius 2 is 1.62 bits per heavy atom. The van der Waals surface area contributed by atoms with Crippen molar-refractivity contribution < 1.29 is 13.3 Å². The molecule has 128 valence electrons. The smallest absolute Gasteiger partial charge is 0.258 e. The van der Waals surface area contributed by atoms with Gasteiger partial charge in [-0.1, -0.05) is 44.7 Å². The van der Waals surface area contributed by atoms with Gasteiger partial charge in [0.05, 0.1) is 14.7 Å². The minimum atomic E-state index is -3.48. The third kappa shape index (κ3) is 4.36. The molecule has 5 nitrogen and oxygen atoms in total. The number of hydrogen-bond donors (Lipinski definition) is 0. The molecule has 0 aromatic heterocycles. The molecule has 24 heavy (non-hydrogen) atoms. The van der Waals surface area contributed by atoms with E-state index in [2.05, 4.69) is 20.8 Å². The lowest BCUT2D eigenvalue weighted by Crippen LogP contribution is -2.10. The number of benzene rings is 2. The van der Waals surface area contributed by atoms with Crippen LogP contribution >= 0.6 is 11.8 Å². The van der Waals surface area contributed by atoms with E-state index in [1.165, 1.54) is 29.5 Å². The van der Waals surface area contributed by atoms with Crippen LogP contribution < -0.4 is 0 Å². The average Bonchev–Trinajstić information content (AvgIpc) is 2.46. The number of rotatable bonds is 4. The van der Waals surface area contributed by atoms with Crippen molar-refractivity contribution in [1.82, 2.24) is 0 Å². The molecular formula is C17H19NO4S2. The van der Waals surface area contributed by atoms with Crippen LogP contribution in [-0.2, 0) is 15.3 Å². The molecule has 0 heterocycles. The molecule has 0 unspecified atom stereocenters. The van der Waals surface area contributed by atoms with Crippen molar-refractivity contribution in [2.75, 3.05) is 6.26 Å². The molecule has 0 saturated carbocycles. The van der Waals surface area contributed by atoms with Gasteiger partial charge in [0, 0.05) is 17.2 Å². The summed E-state index contributed by atoms with van der Waals surface area (Å²) in [5.74, 6) is 0. The molecule has 0 aliphatic heterocycles. The normalized spacial score (nSPS) is 12.2. The number of sulfone groups is 1. The van der Waals surface area contributed by atoms with Gasteiger partial charge in [-0.3, -0.25) is 10.1 Å². The Kier molecular flexibility index (Phi) is 5.05. The van der Waals surface area contributed by atoms with E-state index in [1.807, 2.05) is 24.3 Å². The standard InChI is InChI=1S/C17H19NO4S2/c1-17(2,3)12-5-7-13(8-6-12)23-16-10-9-14(24(4,21)22)11-15(16)18(19)20/h5-11H,1-4H3. The molecule has 0 atom stereocenters. The summed E-state index contributed by atoms with van der Waals surface area (Å²) in [5.41, 5.74) is 1.00. The van der Waals surface area contributed by atoms with Crippen molar-refractivity contribution in [1.29, 1.82) is 0 Å². The van der Waals surface area contributed by atoms with Gasteiger partial charge >= 0.3 is 0 Å². The predicted octanol–water partition coefficient (Wildman–Crippen LogP) is 4.45. The summed E-state index contributed by atoms with van der Waals surface area (Å²) in [4.78, 5) is 11.9. The highest BCUT2D eigenvalue weighted by Crippen LogP contribution is 2.37. The zero-order valence-corrected chi connectivity index (χ0v) is 15.6. The summed E-state index contributed by atoms with van der Waals surface area (Å²) in [6.45, 7) is 6.34. The largest absolute Gasteiger partial charge is 0.284 e. The van der Waals surface area contributed by atoms with Gasteiger partial charge < -0.3 is 0 Å². The number of hydrogen-bond acceptors (Lipinski definition) is 5. The van der Waals surface area contributed by atoms with Crippen LogP contribution in [0.4, 0.5) is 5.69 Å². The van der Waals surface area contributed by atoms with E-state index < -0.39 is 14.8 Å². The third-order valence-electron chi connectivity index (χ3n) is 3.50. The first kappa shape index (κ1) is 18.5. The Balaban J connectivity index is 2.37. The molecule has 0 N–H and O–H groups in total. The minimum Gasteiger partial charge on any atom is -0.258 e. The molecule has 2 aromatic carbocycles. The molecule has 0 radical (unpaired) electrons. The van der Waals surface area contributed by atoms with Crippen LogP contribution in [0.2, 0.25) is 0 Å². The van der Waals surface area contributed by atoms with E-state index in [-0.39, 0.29) is 16.0 Å². The maximum Gasteiger partial charge on any atom is 0.284 e. The van der Waals surface area contributed by atoms with Gasteiger partial charge in [-0.15, -0.1) is 0 Å². The molecule has 2 rings (SSSR count). The van der Waals surface area contributed by atoms with Crippen molar-refractivity contribution in [2.45, 2.75) is 40.9 Å². The van der Waals surface area contributed by atoms with E-state index >= 15 is 0 Å². The van der Waals surface area contributed by atoms with Crippen molar-refractivity contribution in [3.05, 3.63) is 58.1 Å². The summed E-state index contributed by atoms with van der Waals surface area (Å²) in [7, 11) is -3.48. The summed E-state index contributed by atoms with van der Waals surface area (Å²) in [6.07, 6.45) is 1.03. The number of nitrogens with zero attached hydrogens (tertiary/aromatic N) is 1. The van der Waals surface area contributed by atoms with Gasteiger partial charge in [0.2, 0.25) is 0 Å². The van der Waals surface area contributed by atoms with Crippen LogP contribution in [0.5, 0.6) is 0 Å². The first-order chi connectivity index (χ1) is 11.0. The zero-order valence-electron chi connectivity index (χ0n) is 13.9. The number of nitro benzene ring substituents is 1. The molecule has 0 saturated heterocycles. The molecule has 7 heteroatoms. The second kappa shape index (κ2) is 6.57. The van der Waals surface area contributed by atoms with Crippen LogP contribution in [0.25, 0.3) is 0 Å². The average molecular weight is 365 g/mol. The minimum absolute atomic E-state index is 0.0341. The maximum absolute atomic E-state index is 11.6. The van der Waals surface area contributed by atoms with Gasteiger partial charge in [0.1, 0.15) is 0 Å². The van der Waals surface area contributed by atoms with Crippen LogP contribution in [0, 0.1) is 10.1 Å². The molecule has 0 aliphatic rings. The fourth-order valence-corrected chi connectivity index (χ4v) is 3.65. The highest BCUT2D eigenvalue weighted by Gasteiger charge is 2.20. The summed E-state index contributed by atoms with van der Waals surface area (Å²) in [6, 6.07) is 11.8. The topological polar surface area (TPSA) is 77.3 Å². The maximum atomic E-state index is 11.6. The fourth-order valence-electron chi connectivity index (χ4n) is 2.11. The molecule has 0 aliphatic carbocycles. The van der Waals surface area contributed by atoms with Crippen molar-refractivity contribution in [2.24, 2.45) is 0 Å². The Bertz CT molecular complexity index is 866. The van der Waals surface area contributed by atoms with E-state index in [0.29, 0.717) is 4.90 Å². The molecule has 0 amide bonds. The monoisotopic (exact) mass is 365 g/mol. The van der Waals surface area contributed by atoms with Crippen molar-refractivity contribution >= 4 is 27.3 Å². The van der Waals surface area contributed by atoms with Gasteiger partial charge in [0.15, 0.2) is 9.84 Å². The molecule has 0 fully saturated rings. The summed E-state index contributed by atoms with van der Waals surface area (Å²) < 4.78 is 23.2. The molecule has 0 spiro atoms. The quantitative estimate of drug-likeness (QED) is 0.591. The lowest BCUT2D eigenvalue weighted by molar-refractivity contribution is -0.388. The van der Waals surface area contributed by atoms with Crippen LogP contribution in [0.3, 0.4) is 0 Å². The Labute approximate surface area is 146 Å². The Morgan fingerprint density at radius 3 is 2.08 bits per heavy atom. The molecule has 2 aromatic rings. The lowest BCUT2D eigenvalue weighted by Gasteiger charge is -2.19. The highest BCUT2D eigenvalue weighted by molar-refractivity contribution is 7.99. The Morgan fingerprint density at radius 1 is 1.04 bits per heavy atom. The third-order valence-corrected chi connectivity index (χ3v) is 5.69. The van der Waals surface area contributed by atoms with E-state index in [9.17, 15) is 18.5 Å². The van der Waals surface area contributed by atoms with Gasteiger partial charge in [-0.25, -0.2) is 8.42 Å². The summed E-state index contributed by atoms with van der Waals surface area (Å²) >= 11 is 1.24. The summed E-state index contributed by atoms with van der Waals surface area (Å²) in [5, 5.41) is 11.3. The van der Waals surface area contributed by atoms with E-state index in [0.717, 1.165) is 17.2 Å². The predicted molar refractivity (Wildman–Crippen MR) is 95.5 cm³/mol. The molecular weight excluding hydrogens is 346 g/mol.